The van der Waals surface area contributed by atoms with Crippen LogP contribution in [0.15, 0.2) is 64.4 Å². The van der Waals surface area contributed by atoms with E-state index in [1.54, 1.807) is 11.8 Å². The lowest BCUT2D eigenvalue weighted by molar-refractivity contribution is 0.832. The Labute approximate surface area is 129 Å². The second-order valence-electron chi connectivity index (χ2n) is 5.16. The molecule has 21 heavy (non-hydrogen) atoms. The molecule has 0 N–H and O–H groups in total. The largest absolute Gasteiger partial charge is 0.237 e. The summed E-state index contributed by atoms with van der Waals surface area (Å²) in [5.41, 5.74) is 4.63. The van der Waals surface area contributed by atoms with Crippen LogP contribution in [-0.4, -0.2) is 9.78 Å². The molecule has 0 unspecified atom stereocenters. The van der Waals surface area contributed by atoms with E-state index in [2.05, 4.69) is 69.3 Å². The van der Waals surface area contributed by atoms with E-state index >= 15 is 0 Å². The minimum atomic E-state index is 1.07. The Bertz CT molecular complexity index is 743. The molecule has 0 saturated heterocycles. The van der Waals surface area contributed by atoms with Crippen molar-refractivity contribution >= 4 is 11.8 Å². The van der Waals surface area contributed by atoms with Gasteiger partial charge in [-0.1, -0.05) is 47.7 Å². The molecule has 2 nitrogen and oxygen atoms in total. The summed E-state index contributed by atoms with van der Waals surface area (Å²) in [4.78, 5) is 2.48. The number of rotatable bonds is 3. The van der Waals surface area contributed by atoms with Crippen LogP contribution in [-0.2, 0) is 0 Å². The number of aryl methyl sites for hydroxylation is 2. The molecular formula is C18H18N2S. The average Bonchev–Trinajstić information content (AvgIpc) is 2.77. The van der Waals surface area contributed by atoms with E-state index in [1.165, 1.54) is 21.0 Å². The van der Waals surface area contributed by atoms with Crippen LogP contribution in [0.1, 0.15) is 17.0 Å². The molecular weight excluding hydrogens is 276 g/mol. The number of nitrogens with zero attached hydrogens (tertiary/aromatic N) is 2. The van der Waals surface area contributed by atoms with E-state index < -0.39 is 0 Å². The second kappa shape index (κ2) is 5.78. The van der Waals surface area contributed by atoms with Crippen molar-refractivity contribution in [3.05, 3.63) is 71.5 Å². The van der Waals surface area contributed by atoms with Gasteiger partial charge in [-0.05, 0) is 45.0 Å². The standard InChI is InChI=1S/C18H18N2S/c1-13-9-11-16(12-10-13)20-15(3)18(14(2)19-20)21-17-7-5-4-6-8-17/h4-12H,1-3H3. The van der Waals surface area contributed by atoms with Crippen LogP contribution in [0.2, 0.25) is 0 Å². The van der Waals surface area contributed by atoms with E-state index in [4.69, 9.17) is 5.10 Å². The molecule has 3 rings (SSSR count). The fourth-order valence-electron chi connectivity index (χ4n) is 2.32. The third kappa shape index (κ3) is 2.88. The molecule has 0 amide bonds. The number of hydrogen-bond donors (Lipinski definition) is 0. The van der Waals surface area contributed by atoms with Gasteiger partial charge < -0.3 is 0 Å². The van der Waals surface area contributed by atoms with Crippen LogP contribution in [0.4, 0.5) is 0 Å². The minimum absolute atomic E-state index is 1.07. The van der Waals surface area contributed by atoms with Crippen molar-refractivity contribution in [3.63, 3.8) is 0 Å². The molecule has 1 heterocycles. The molecule has 3 aromatic rings. The Morgan fingerprint density at radius 1 is 0.857 bits per heavy atom. The minimum Gasteiger partial charge on any atom is -0.237 e. The zero-order chi connectivity index (χ0) is 14.8. The fourth-order valence-corrected chi connectivity index (χ4v) is 3.27. The molecule has 0 aliphatic heterocycles. The van der Waals surface area contributed by atoms with Gasteiger partial charge in [0.15, 0.2) is 0 Å². The summed E-state index contributed by atoms with van der Waals surface area (Å²) in [6, 6.07) is 18.9. The highest BCUT2D eigenvalue weighted by molar-refractivity contribution is 7.99. The molecule has 106 valence electrons. The lowest BCUT2D eigenvalue weighted by Crippen LogP contribution is -1.98. The van der Waals surface area contributed by atoms with Gasteiger partial charge in [0.25, 0.3) is 0 Å². The first kappa shape index (κ1) is 14.0. The molecule has 0 aliphatic carbocycles. The zero-order valence-electron chi connectivity index (χ0n) is 12.5. The van der Waals surface area contributed by atoms with E-state index in [0.717, 1.165) is 11.4 Å². The maximum Gasteiger partial charge on any atom is 0.0740 e. The van der Waals surface area contributed by atoms with Gasteiger partial charge in [-0.3, -0.25) is 0 Å². The van der Waals surface area contributed by atoms with Crippen molar-refractivity contribution in [2.75, 3.05) is 0 Å². The molecule has 0 spiro atoms. The normalized spacial score (nSPS) is 10.8. The van der Waals surface area contributed by atoms with Crippen molar-refractivity contribution in [1.82, 2.24) is 9.78 Å². The van der Waals surface area contributed by atoms with Crippen LogP contribution in [0.5, 0.6) is 0 Å². The van der Waals surface area contributed by atoms with Gasteiger partial charge in [-0.25, -0.2) is 4.68 Å². The topological polar surface area (TPSA) is 17.8 Å². The Morgan fingerprint density at radius 2 is 1.52 bits per heavy atom. The first-order chi connectivity index (χ1) is 10.1. The van der Waals surface area contributed by atoms with Crippen molar-refractivity contribution in [2.45, 2.75) is 30.6 Å². The van der Waals surface area contributed by atoms with Gasteiger partial charge >= 0.3 is 0 Å². The highest BCUT2D eigenvalue weighted by atomic mass is 32.2. The fraction of sp³-hybridized carbons (Fsp3) is 0.167. The second-order valence-corrected chi connectivity index (χ2v) is 6.25. The van der Waals surface area contributed by atoms with Crippen molar-refractivity contribution in [1.29, 1.82) is 0 Å². The summed E-state index contributed by atoms with van der Waals surface area (Å²) in [7, 11) is 0. The highest BCUT2D eigenvalue weighted by Crippen LogP contribution is 2.33. The Balaban J connectivity index is 1.98. The quantitative estimate of drug-likeness (QED) is 0.680. The van der Waals surface area contributed by atoms with Gasteiger partial charge in [0.05, 0.1) is 22.0 Å². The van der Waals surface area contributed by atoms with Crippen molar-refractivity contribution in [2.24, 2.45) is 0 Å². The van der Waals surface area contributed by atoms with E-state index in [1.807, 2.05) is 10.7 Å². The van der Waals surface area contributed by atoms with Gasteiger partial charge in [-0.2, -0.15) is 5.10 Å². The van der Waals surface area contributed by atoms with Crippen LogP contribution in [0.3, 0.4) is 0 Å². The zero-order valence-corrected chi connectivity index (χ0v) is 13.3. The smallest absolute Gasteiger partial charge is 0.0740 e. The monoisotopic (exact) mass is 294 g/mol. The van der Waals surface area contributed by atoms with Gasteiger partial charge in [0.2, 0.25) is 0 Å². The van der Waals surface area contributed by atoms with Gasteiger partial charge in [0.1, 0.15) is 0 Å². The maximum atomic E-state index is 4.70. The average molecular weight is 294 g/mol. The molecule has 3 heteroatoms. The Hall–Kier alpha value is -2.00. The third-order valence-electron chi connectivity index (χ3n) is 3.47. The van der Waals surface area contributed by atoms with Crippen molar-refractivity contribution in [3.8, 4) is 5.69 Å². The van der Waals surface area contributed by atoms with Crippen LogP contribution >= 0.6 is 11.8 Å². The van der Waals surface area contributed by atoms with Crippen LogP contribution in [0, 0.1) is 20.8 Å². The molecule has 0 saturated carbocycles. The van der Waals surface area contributed by atoms with E-state index in [-0.39, 0.29) is 0 Å². The summed E-state index contributed by atoms with van der Waals surface area (Å²) < 4.78 is 2.03. The molecule has 0 fully saturated rings. The first-order valence-electron chi connectivity index (χ1n) is 7.01. The molecule has 0 bridgehead atoms. The molecule has 0 atom stereocenters. The summed E-state index contributed by atoms with van der Waals surface area (Å²) >= 11 is 1.78. The summed E-state index contributed by atoms with van der Waals surface area (Å²) in [6.45, 7) is 6.30. The Kier molecular flexibility index (Phi) is 3.84. The van der Waals surface area contributed by atoms with E-state index in [9.17, 15) is 0 Å². The molecule has 2 aromatic carbocycles. The highest BCUT2D eigenvalue weighted by Gasteiger charge is 2.13. The number of benzene rings is 2. The number of aromatic nitrogens is 2. The molecule has 0 radical (unpaired) electrons. The lowest BCUT2D eigenvalue weighted by atomic mass is 10.2. The SMILES string of the molecule is Cc1ccc(-n2nc(C)c(Sc3ccccc3)c2C)cc1. The summed E-state index contributed by atoms with van der Waals surface area (Å²) in [5, 5.41) is 4.70. The molecule has 1 aromatic heterocycles. The summed E-state index contributed by atoms with van der Waals surface area (Å²) in [5.74, 6) is 0. The number of hydrogen-bond acceptors (Lipinski definition) is 2. The van der Waals surface area contributed by atoms with E-state index in [0.29, 0.717) is 0 Å². The lowest BCUT2D eigenvalue weighted by Gasteiger charge is -2.06. The third-order valence-corrected chi connectivity index (χ3v) is 4.77. The van der Waals surface area contributed by atoms with Crippen LogP contribution in [0.25, 0.3) is 5.69 Å². The van der Waals surface area contributed by atoms with Gasteiger partial charge in [-0.15, -0.1) is 0 Å². The maximum absolute atomic E-state index is 4.70. The van der Waals surface area contributed by atoms with Crippen molar-refractivity contribution < 1.29 is 0 Å². The predicted octanol–water partition coefficient (Wildman–Crippen LogP) is 4.95. The van der Waals surface area contributed by atoms with Crippen LogP contribution < -0.4 is 0 Å². The predicted molar refractivity (Wildman–Crippen MR) is 88.3 cm³/mol. The molecule has 0 aliphatic rings. The first-order valence-corrected chi connectivity index (χ1v) is 7.83. The van der Waals surface area contributed by atoms with Gasteiger partial charge in [0, 0.05) is 4.90 Å². The summed E-state index contributed by atoms with van der Waals surface area (Å²) in [6.07, 6.45) is 0. The Morgan fingerprint density at radius 3 is 2.19 bits per heavy atom.